The maximum atomic E-state index is 12.3. The van der Waals surface area contributed by atoms with Gasteiger partial charge < -0.3 is 16.0 Å². The Balaban J connectivity index is 1.39. The van der Waals surface area contributed by atoms with Crippen LogP contribution in [0.25, 0.3) is 0 Å². The van der Waals surface area contributed by atoms with Crippen LogP contribution in [0.3, 0.4) is 0 Å². The third-order valence-corrected chi connectivity index (χ3v) is 6.99. The van der Waals surface area contributed by atoms with Crippen molar-refractivity contribution in [1.29, 1.82) is 0 Å². The number of nitrogens with one attached hydrogen (secondary N) is 3. The topological polar surface area (TPSA) is 87.3 Å². The van der Waals surface area contributed by atoms with E-state index in [9.17, 15) is 14.4 Å². The number of hydrogen-bond acceptors (Lipinski definition) is 4. The molecule has 0 aliphatic carbocycles. The van der Waals surface area contributed by atoms with Crippen LogP contribution in [-0.4, -0.2) is 52.7 Å². The average molecular weight is 424 g/mol. The zero-order valence-electron chi connectivity index (χ0n) is 15.7. The molecule has 3 amide bonds. The molecular weight excluding hydrogens is 398 g/mol. The maximum absolute atomic E-state index is 12.3. The van der Waals surface area contributed by atoms with Gasteiger partial charge >= 0.3 is 6.03 Å². The molecule has 0 aromatic heterocycles. The molecule has 2 aliphatic rings. The number of halogens is 1. The van der Waals surface area contributed by atoms with Crippen LogP contribution in [0.2, 0.25) is 0 Å². The molecule has 0 spiro atoms. The first-order chi connectivity index (χ1) is 13.6. The van der Waals surface area contributed by atoms with Gasteiger partial charge in [0.25, 0.3) is 0 Å². The summed E-state index contributed by atoms with van der Waals surface area (Å²) in [7, 11) is 0. The number of ketones is 1. The Morgan fingerprint density at radius 1 is 1.21 bits per heavy atom. The van der Waals surface area contributed by atoms with Crippen molar-refractivity contribution in [2.75, 3.05) is 11.6 Å². The number of thioether (sulfide) groups is 1. The number of rotatable bonds is 10. The maximum Gasteiger partial charge on any atom is 0.315 e. The van der Waals surface area contributed by atoms with Gasteiger partial charge in [-0.25, -0.2) is 4.79 Å². The fourth-order valence-electron chi connectivity index (χ4n) is 3.73. The van der Waals surface area contributed by atoms with Crippen LogP contribution in [0.15, 0.2) is 30.3 Å². The summed E-state index contributed by atoms with van der Waals surface area (Å²) in [5.41, 5.74) is 0.992. The Bertz CT molecular complexity index is 703. The molecule has 1 aromatic carbocycles. The second-order valence-corrected chi connectivity index (χ2v) is 8.82. The van der Waals surface area contributed by atoms with Gasteiger partial charge in [0.2, 0.25) is 5.91 Å². The molecular formula is C20H26ClN3O3S. The van der Waals surface area contributed by atoms with Gasteiger partial charge in [0.15, 0.2) is 5.78 Å². The van der Waals surface area contributed by atoms with E-state index in [0.29, 0.717) is 18.1 Å². The van der Waals surface area contributed by atoms with Gasteiger partial charge in [0.05, 0.1) is 24.0 Å². The molecule has 0 unspecified atom stereocenters. The lowest BCUT2D eigenvalue weighted by Crippen LogP contribution is -2.43. The predicted molar refractivity (Wildman–Crippen MR) is 112 cm³/mol. The highest BCUT2D eigenvalue weighted by Gasteiger charge is 2.42. The van der Waals surface area contributed by atoms with Gasteiger partial charge in [-0.05, 0) is 24.8 Å². The second-order valence-electron chi connectivity index (χ2n) is 7.28. The summed E-state index contributed by atoms with van der Waals surface area (Å²) in [5, 5.41) is 9.16. The molecule has 3 rings (SSSR count). The molecule has 2 heterocycles. The van der Waals surface area contributed by atoms with E-state index in [0.717, 1.165) is 30.6 Å². The minimum absolute atomic E-state index is 0.0758. The first-order valence-electron chi connectivity index (χ1n) is 9.67. The quantitative estimate of drug-likeness (QED) is 0.306. The van der Waals surface area contributed by atoms with E-state index in [1.54, 1.807) is 0 Å². The SMILES string of the molecule is O=C(CCCC[C@@H]1SC[C@@H]2NC(=O)N[C@@H]21)N[C@H](Cc1ccccc1)C(=O)CCl. The number of alkyl halides is 1. The predicted octanol–water partition coefficient (Wildman–Crippen LogP) is 2.25. The van der Waals surface area contributed by atoms with Crippen molar-refractivity contribution in [2.24, 2.45) is 0 Å². The van der Waals surface area contributed by atoms with Crippen LogP contribution >= 0.6 is 23.4 Å². The van der Waals surface area contributed by atoms with E-state index in [4.69, 9.17) is 11.6 Å². The Hall–Kier alpha value is -1.73. The number of unbranched alkanes of at least 4 members (excludes halogenated alkanes) is 1. The zero-order chi connectivity index (χ0) is 19.9. The van der Waals surface area contributed by atoms with Crippen molar-refractivity contribution in [3.8, 4) is 0 Å². The van der Waals surface area contributed by atoms with Crippen molar-refractivity contribution in [2.45, 2.75) is 55.5 Å². The van der Waals surface area contributed by atoms with Crippen molar-refractivity contribution in [3.05, 3.63) is 35.9 Å². The lowest BCUT2D eigenvalue weighted by atomic mass is 10.0. The van der Waals surface area contributed by atoms with Crippen LogP contribution in [0.4, 0.5) is 4.79 Å². The fourth-order valence-corrected chi connectivity index (χ4v) is 5.46. The summed E-state index contributed by atoms with van der Waals surface area (Å²) < 4.78 is 0. The molecule has 28 heavy (non-hydrogen) atoms. The van der Waals surface area contributed by atoms with Gasteiger partial charge in [0, 0.05) is 17.4 Å². The summed E-state index contributed by atoms with van der Waals surface area (Å²) in [6, 6.07) is 9.37. The molecule has 0 radical (unpaired) electrons. The number of hydrogen-bond donors (Lipinski definition) is 3. The van der Waals surface area contributed by atoms with Crippen LogP contribution in [0.1, 0.15) is 31.2 Å². The normalized spacial score (nSPS) is 24.2. The summed E-state index contributed by atoms with van der Waals surface area (Å²) in [5.74, 6) is 0.541. The molecule has 0 saturated carbocycles. The standard InChI is InChI=1S/C20H26ClN3O3S/c21-11-16(25)14(10-13-6-2-1-3-7-13)22-18(26)9-5-4-8-17-19-15(12-28-17)23-20(27)24-19/h1-3,6-7,14-15,17,19H,4-5,8-12H2,(H,22,26)(H2,23,24,27)/t14-,15+,17+,19+/m1/s1. The molecule has 2 aliphatic heterocycles. The van der Waals surface area contributed by atoms with Gasteiger partial charge in [0.1, 0.15) is 0 Å². The first-order valence-corrected chi connectivity index (χ1v) is 11.3. The van der Waals surface area contributed by atoms with E-state index in [1.807, 2.05) is 42.1 Å². The number of Topliss-reactive ketones (excluding diaryl/α,β-unsaturated/α-hetero) is 1. The van der Waals surface area contributed by atoms with E-state index in [1.165, 1.54) is 0 Å². The second kappa shape index (κ2) is 10.2. The molecule has 0 bridgehead atoms. The van der Waals surface area contributed by atoms with Crippen molar-refractivity contribution < 1.29 is 14.4 Å². The van der Waals surface area contributed by atoms with E-state index in [2.05, 4.69) is 16.0 Å². The average Bonchev–Trinajstić information content (AvgIpc) is 3.24. The Morgan fingerprint density at radius 2 is 2.00 bits per heavy atom. The largest absolute Gasteiger partial charge is 0.346 e. The van der Waals surface area contributed by atoms with Crippen molar-refractivity contribution >= 4 is 41.1 Å². The number of carbonyl (C=O) groups excluding carboxylic acids is 3. The highest BCUT2D eigenvalue weighted by Crippen LogP contribution is 2.33. The molecule has 2 fully saturated rings. The summed E-state index contributed by atoms with van der Waals surface area (Å²) in [6.45, 7) is 0. The monoisotopic (exact) mass is 423 g/mol. The third kappa shape index (κ3) is 5.64. The minimum atomic E-state index is -0.585. The van der Waals surface area contributed by atoms with Crippen LogP contribution in [0.5, 0.6) is 0 Å². The number of carbonyl (C=O) groups is 3. The third-order valence-electron chi connectivity index (χ3n) is 5.22. The van der Waals surface area contributed by atoms with E-state index >= 15 is 0 Å². The lowest BCUT2D eigenvalue weighted by molar-refractivity contribution is -0.126. The Kier molecular flexibility index (Phi) is 7.62. The zero-order valence-corrected chi connectivity index (χ0v) is 17.2. The van der Waals surface area contributed by atoms with Crippen LogP contribution < -0.4 is 16.0 Å². The van der Waals surface area contributed by atoms with Gasteiger partial charge in [-0.2, -0.15) is 11.8 Å². The molecule has 152 valence electrons. The van der Waals surface area contributed by atoms with Gasteiger partial charge in [-0.15, -0.1) is 11.6 Å². The number of urea groups is 1. The van der Waals surface area contributed by atoms with Gasteiger partial charge in [-0.3, -0.25) is 9.59 Å². The molecule has 2 saturated heterocycles. The molecule has 1 aromatic rings. The lowest BCUT2D eigenvalue weighted by Gasteiger charge is -2.18. The highest BCUT2D eigenvalue weighted by atomic mass is 35.5. The summed E-state index contributed by atoms with van der Waals surface area (Å²) in [6.07, 6.45) is 3.48. The fraction of sp³-hybridized carbons (Fsp3) is 0.550. The highest BCUT2D eigenvalue weighted by molar-refractivity contribution is 8.00. The van der Waals surface area contributed by atoms with E-state index < -0.39 is 6.04 Å². The Morgan fingerprint density at radius 3 is 2.75 bits per heavy atom. The molecule has 8 heteroatoms. The Labute approximate surface area is 174 Å². The summed E-state index contributed by atoms with van der Waals surface area (Å²) in [4.78, 5) is 35.8. The molecule has 4 atom stereocenters. The minimum Gasteiger partial charge on any atom is -0.346 e. The smallest absolute Gasteiger partial charge is 0.315 e. The van der Waals surface area contributed by atoms with Crippen molar-refractivity contribution in [3.63, 3.8) is 0 Å². The van der Waals surface area contributed by atoms with Crippen molar-refractivity contribution in [1.82, 2.24) is 16.0 Å². The summed E-state index contributed by atoms with van der Waals surface area (Å²) >= 11 is 7.59. The van der Waals surface area contributed by atoms with Crippen LogP contribution in [-0.2, 0) is 16.0 Å². The van der Waals surface area contributed by atoms with Crippen LogP contribution in [0, 0.1) is 0 Å². The number of fused-ring (bicyclic) bond motifs is 1. The first kappa shape index (κ1) is 21.0. The number of benzene rings is 1. The number of amides is 3. The van der Waals surface area contributed by atoms with E-state index in [-0.39, 0.29) is 35.7 Å². The molecule has 6 nitrogen and oxygen atoms in total. The van der Waals surface area contributed by atoms with Gasteiger partial charge in [-0.1, -0.05) is 36.8 Å². The molecule has 3 N–H and O–H groups in total.